The van der Waals surface area contributed by atoms with Gasteiger partial charge in [-0.05, 0) is 23.8 Å². The fraction of sp³-hybridized carbons (Fsp3) is 0.375. The summed E-state index contributed by atoms with van der Waals surface area (Å²) in [6, 6.07) is 15.8. The van der Waals surface area contributed by atoms with Crippen LogP contribution in [0.15, 0.2) is 48.5 Å². The maximum Gasteiger partial charge on any atom is 0.265 e. The zero-order valence-electron chi connectivity index (χ0n) is 17.6. The average molecular weight is 490 g/mol. The molecule has 5 rings (SSSR count). The van der Waals surface area contributed by atoms with Crippen LogP contribution in [0, 0.1) is 0 Å². The normalized spacial score (nSPS) is 22.7. The third kappa shape index (κ3) is 4.40. The molecule has 0 aliphatic carbocycles. The minimum Gasteiger partial charge on any atom is -0.390 e. The van der Waals surface area contributed by atoms with Gasteiger partial charge in [0.05, 0.1) is 17.2 Å². The molecular formula is C24H25Cl2N3O2S. The number of carbonyl (C=O) groups is 1. The number of thiophene rings is 1. The highest BCUT2D eigenvalue weighted by Crippen LogP contribution is 2.36. The minimum atomic E-state index is -0.546. The Morgan fingerprint density at radius 1 is 1.00 bits per heavy atom. The van der Waals surface area contributed by atoms with Gasteiger partial charge >= 0.3 is 0 Å². The van der Waals surface area contributed by atoms with Gasteiger partial charge in [0.2, 0.25) is 0 Å². The quantitative estimate of drug-likeness (QED) is 0.596. The summed E-state index contributed by atoms with van der Waals surface area (Å²) in [6.45, 7) is 5.39. The smallest absolute Gasteiger partial charge is 0.265 e. The SMILES string of the molecule is O=C(c1sc2ccccc2c1Cl)N1C[C@H](O)[C@@H](N2CCN(Cc3ccc(Cl)cc3)CC2)C1. The summed E-state index contributed by atoms with van der Waals surface area (Å²) in [5.41, 5.74) is 1.25. The fourth-order valence-corrected chi connectivity index (χ4v) is 6.30. The molecule has 1 amide bonds. The number of amides is 1. The topological polar surface area (TPSA) is 47.0 Å². The van der Waals surface area contributed by atoms with E-state index in [0.717, 1.165) is 47.8 Å². The minimum absolute atomic E-state index is 0.0372. The van der Waals surface area contributed by atoms with Crippen molar-refractivity contribution in [2.75, 3.05) is 39.3 Å². The lowest BCUT2D eigenvalue weighted by atomic mass is 10.1. The average Bonchev–Trinajstić information content (AvgIpc) is 3.36. The number of hydrogen-bond donors (Lipinski definition) is 1. The number of piperazine rings is 1. The second kappa shape index (κ2) is 9.29. The third-order valence-corrected chi connectivity index (χ3v) is 8.39. The number of likely N-dealkylation sites (tertiary alicyclic amines) is 1. The molecule has 0 radical (unpaired) electrons. The van der Waals surface area contributed by atoms with Crippen LogP contribution in [0.5, 0.6) is 0 Å². The zero-order valence-corrected chi connectivity index (χ0v) is 19.9. The lowest BCUT2D eigenvalue weighted by molar-refractivity contribution is 0.0423. The van der Waals surface area contributed by atoms with E-state index in [4.69, 9.17) is 23.2 Å². The van der Waals surface area contributed by atoms with Crippen LogP contribution in [0.4, 0.5) is 0 Å². The van der Waals surface area contributed by atoms with Crippen molar-refractivity contribution in [1.29, 1.82) is 0 Å². The molecule has 0 saturated carbocycles. The van der Waals surface area contributed by atoms with E-state index in [0.29, 0.717) is 23.0 Å². The van der Waals surface area contributed by atoms with Gasteiger partial charge in [-0.1, -0.05) is 53.5 Å². The fourth-order valence-electron chi connectivity index (χ4n) is 4.69. The molecule has 1 aromatic heterocycles. The van der Waals surface area contributed by atoms with Gasteiger partial charge in [-0.3, -0.25) is 14.6 Å². The van der Waals surface area contributed by atoms with E-state index in [2.05, 4.69) is 21.9 Å². The highest BCUT2D eigenvalue weighted by Gasteiger charge is 2.39. The predicted octanol–water partition coefficient (Wildman–Crippen LogP) is 4.21. The number of carbonyl (C=O) groups excluding carboxylic acids is 1. The molecule has 32 heavy (non-hydrogen) atoms. The summed E-state index contributed by atoms with van der Waals surface area (Å²) >= 11 is 13.9. The molecule has 8 heteroatoms. The van der Waals surface area contributed by atoms with E-state index in [9.17, 15) is 9.90 Å². The molecule has 0 spiro atoms. The molecule has 2 aliphatic rings. The first kappa shape index (κ1) is 22.1. The molecule has 168 valence electrons. The molecule has 0 unspecified atom stereocenters. The Morgan fingerprint density at radius 3 is 2.44 bits per heavy atom. The number of fused-ring (bicyclic) bond motifs is 1. The van der Waals surface area contributed by atoms with Gasteiger partial charge < -0.3 is 10.0 Å². The van der Waals surface area contributed by atoms with Crippen LogP contribution in [-0.2, 0) is 6.54 Å². The van der Waals surface area contributed by atoms with Crippen molar-refractivity contribution in [3.8, 4) is 0 Å². The van der Waals surface area contributed by atoms with Crippen LogP contribution >= 0.6 is 34.5 Å². The molecule has 5 nitrogen and oxygen atoms in total. The third-order valence-electron chi connectivity index (χ3n) is 6.47. The van der Waals surface area contributed by atoms with Crippen molar-refractivity contribution in [1.82, 2.24) is 14.7 Å². The van der Waals surface area contributed by atoms with Gasteiger partial charge in [0.25, 0.3) is 5.91 Å². The van der Waals surface area contributed by atoms with E-state index in [1.807, 2.05) is 36.4 Å². The van der Waals surface area contributed by atoms with E-state index in [-0.39, 0.29) is 11.9 Å². The van der Waals surface area contributed by atoms with Crippen molar-refractivity contribution in [2.45, 2.75) is 18.7 Å². The van der Waals surface area contributed by atoms with Gasteiger partial charge in [-0.2, -0.15) is 0 Å². The van der Waals surface area contributed by atoms with Crippen LogP contribution < -0.4 is 0 Å². The highest BCUT2D eigenvalue weighted by molar-refractivity contribution is 7.21. The number of aliphatic hydroxyl groups is 1. The number of rotatable bonds is 4. The number of benzene rings is 2. The Morgan fingerprint density at radius 2 is 1.72 bits per heavy atom. The van der Waals surface area contributed by atoms with Crippen molar-refractivity contribution in [3.63, 3.8) is 0 Å². The molecule has 2 aromatic carbocycles. The Bertz CT molecular complexity index is 1110. The zero-order chi connectivity index (χ0) is 22.2. The molecule has 2 aliphatic heterocycles. The number of β-amino-alcohol motifs (C(OH)–C–C–N with tert-alkyl or cyclic N) is 1. The molecule has 2 fully saturated rings. The van der Waals surface area contributed by atoms with E-state index < -0.39 is 6.10 Å². The largest absolute Gasteiger partial charge is 0.390 e. The highest BCUT2D eigenvalue weighted by atomic mass is 35.5. The van der Waals surface area contributed by atoms with Gasteiger partial charge in [0, 0.05) is 60.9 Å². The summed E-state index contributed by atoms with van der Waals surface area (Å²) < 4.78 is 1.01. The standard InChI is InChI=1S/C24H25Cl2N3O2S/c25-17-7-5-16(6-8-17)13-27-9-11-28(12-10-27)19-14-29(15-20(19)30)24(31)23-22(26)18-3-1-2-4-21(18)32-23/h1-8,19-20,30H,9-15H2/t19-,20-/m0/s1. The number of nitrogens with zero attached hydrogens (tertiary/aromatic N) is 3. The summed E-state index contributed by atoms with van der Waals surface area (Å²) in [7, 11) is 0. The van der Waals surface area contributed by atoms with E-state index >= 15 is 0 Å². The maximum atomic E-state index is 13.2. The molecule has 2 saturated heterocycles. The van der Waals surface area contributed by atoms with Crippen molar-refractivity contribution in [3.05, 3.63) is 69.0 Å². The molecule has 1 N–H and O–H groups in total. The monoisotopic (exact) mass is 489 g/mol. The molecule has 0 bridgehead atoms. The second-order valence-electron chi connectivity index (χ2n) is 8.52. The molecule has 3 aromatic rings. The van der Waals surface area contributed by atoms with Crippen LogP contribution in [0.25, 0.3) is 10.1 Å². The Balaban J connectivity index is 1.20. The van der Waals surface area contributed by atoms with Crippen LogP contribution in [0.3, 0.4) is 0 Å². The number of hydrogen-bond acceptors (Lipinski definition) is 5. The molecule has 2 atom stereocenters. The summed E-state index contributed by atoms with van der Waals surface area (Å²) in [5.74, 6) is -0.0841. The van der Waals surface area contributed by atoms with Gasteiger partial charge in [0.15, 0.2) is 0 Å². The van der Waals surface area contributed by atoms with E-state index in [1.54, 1.807) is 4.90 Å². The predicted molar refractivity (Wildman–Crippen MR) is 131 cm³/mol. The number of aliphatic hydroxyl groups excluding tert-OH is 1. The van der Waals surface area contributed by atoms with E-state index in [1.165, 1.54) is 16.9 Å². The Hall–Kier alpha value is -1.67. The van der Waals surface area contributed by atoms with Crippen molar-refractivity contribution < 1.29 is 9.90 Å². The Labute approximate surface area is 201 Å². The summed E-state index contributed by atoms with van der Waals surface area (Å²) in [4.78, 5) is 20.3. The molecule has 3 heterocycles. The van der Waals surface area contributed by atoms with Crippen LogP contribution in [0.2, 0.25) is 10.0 Å². The van der Waals surface area contributed by atoms with Gasteiger partial charge in [-0.25, -0.2) is 0 Å². The van der Waals surface area contributed by atoms with Gasteiger partial charge in [-0.15, -0.1) is 11.3 Å². The van der Waals surface area contributed by atoms with Gasteiger partial charge in [0.1, 0.15) is 4.88 Å². The summed E-state index contributed by atoms with van der Waals surface area (Å²) in [6.07, 6.45) is -0.546. The molecular weight excluding hydrogens is 465 g/mol. The lowest BCUT2D eigenvalue weighted by Crippen LogP contribution is -2.53. The number of halogens is 2. The first-order chi connectivity index (χ1) is 15.5. The first-order valence-electron chi connectivity index (χ1n) is 10.8. The maximum absolute atomic E-state index is 13.2. The Kier molecular flexibility index (Phi) is 6.43. The first-order valence-corrected chi connectivity index (χ1v) is 12.4. The van der Waals surface area contributed by atoms with Crippen LogP contribution in [-0.4, -0.2) is 77.1 Å². The second-order valence-corrected chi connectivity index (χ2v) is 10.4. The van der Waals surface area contributed by atoms with Crippen molar-refractivity contribution >= 4 is 50.5 Å². The van der Waals surface area contributed by atoms with Crippen LogP contribution in [0.1, 0.15) is 15.2 Å². The van der Waals surface area contributed by atoms with Crippen molar-refractivity contribution in [2.24, 2.45) is 0 Å². The lowest BCUT2D eigenvalue weighted by Gasteiger charge is -2.38. The summed E-state index contributed by atoms with van der Waals surface area (Å²) in [5, 5.41) is 12.9.